The molecule has 4 heteroatoms. The third-order valence-corrected chi connectivity index (χ3v) is 4.55. The monoisotopic (exact) mass is 355 g/mol. The second kappa shape index (κ2) is 13.0. The molecule has 0 heterocycles. The maximum Gasteiger partial charge on any atom is 0.150 e. The van der Waals surface area contributed by atoms with E-state index in [1.807, 2.05) is 25.2 Å². The van der Waals surface area contributed by atoms with Crippen molar-refractivity contribution in [3.8, 4) is 11.8 Å². The van der Waals surface area contributed by atoms with Crippen molar-refractivity contribution in [2.75, 3.05) is 7.05 Å². The van der Waals surface area contributed by atoms with Crippen LogP contribution in [0.2, 0.25) is 0 Å². The topological polar surface area (TPSA) is 54.5 Å². The summed E-state index contributed by atoms with van der Waals surface area (Å²) in [4.78, 5) is 34.5. The van der Waals surface area contributed by atoms with Gasteiger partial charge in [-0.15, -0.1) is 0 Å². The average Bonchev–Trinajstić information content (AvgIpc) is 2.66. The van der Waals surface area contributed by atoms with Crippen LogP contribution in [-0.2, 0) is 16.1 Å². The van der Waals surface area contributed by atoms with Gasteiger partial charge in [0.05, 0.1) is 0 Å². The van der Waals surface area contributed by atoms with Crippen LogP contribution in [0, 0.1) is 11.8 Å². The van der Waals surface area contributed by atoms with Crippen molar-refractivity contribution >= 4 is 18.9 Å². The minimum absolute atomic E-state index is 0.249. The maximum atomic E-state index is 11.4. The maximum absolute atomic E-state index is 11.4. The highest BCUT2D eigenvalue weighted by molar-refractivity contribution is 5.78. The van der Waals surface area contributed by atoms with Gasteiger partial charge in [0.15, 0.2) is 0 Å². The summed E-state index contributed by atoms with van der Waals surface area (Å²) in [5.74, 6) is 6.39. The molecule has 0 radical (unpaired) electrons. The molecule has 0 aliphatic rings. The van der Waals surface area contributed by atoms with Crippen molar-refractivity contribution in [3.63, 3.8) is 0 Å². The van der Waals surface area contributed by atoms with Crippen molar-refractivity contribution in [1.82, 2.24) is 4.90 Å². The molecule has 0 spiro atoms. The molecule has 1 aromatic carbocycles. The Kier molecular flexibility index (Phi) is 10.9. The number of carbonyl (C=O) groups excluding carboxylic acids is 3. The number of unbranched alkanes of at least 4 members (excludes halogenated alkanes) is 4. The number of hydrogen-bond donors (Lipinski definition) is 0. The molecule has 0 saturated carbocycles. The van der Waals surface area contributed by atoms with Crippen LogP contribution in [0.5, 0.6) is 0 Å². The first-order valence-electron chi connectivity index (χ1n) is 9.27. The van der Waals surface area contributed by atoms with Crippen molar-refractivity contribution in [1.29, 1.82) is 0 Å². The highest BCUT2D eigenvalue weighted by atomic mass is 16.1. The van der Waals surface area contributed by atoms with Crippen LogP contribution in [0.4, 0.5) is 0 Å². The molecule has 0 saturated heterocycles. The van der Waals surface area contributed by atoms with Gasteiger partial charge in [-0.3, -0.25) is 9.69 Å². The molecule has 1 aromatic rings. The Hall–Kier alpha value is -2.25. The van der Waals surface area contributed by atoms with Gasteiger partial charge in [-0.25, -0.2) is 0 Å². The molecular formula is C22H29NO3. The van der Waals surface area contributed by atoms with Crippen LogP contribution in [0.25, 0.3) is 0 Å². The summed E-state index contributed by atoms with van der Waals surface area (Å²) in [6.07, 6.45) is 8.42. The summed E-state index contributed by atoms with van der Waals surface area (Å²) in [7, 11) is 2.00. The predicted molar refractivity (Wildman–Crippen MR) is 104 cm³/mol. The Bertz CT molecular complexity index is 643. The minimum Gasteiger partial charge on any atom is -0.303 e. The van der Waals surface area contributed by atoms with Crippen LogP contribution in [0.15, 0.2) is 18.2 Å². The summed E-state index contributed by atoms with van der Waals surface area (Å²) in [6.45, 7) is 2.70. The minimum atomic E-state index is 0.249. The quantitative estimate of drug-likeness (QED) is 0.325. The third kappa shape index (κ3) is 7.76. The number of nitrogens with zero attached hydrogens (tertiary/aromatic N) is 1. The summed E-state index contributed by atoms with van der Waals surface area (Å²) in [5.41, 5.74) is 2.49. The summed E-state index contributed by atoms with van der Waals surface area (Å²) in [5, 5.41) is 0. The van der Waals surface area contributed by atoms with Gasteiger partial charge in [-0.05, 0) is 44.9 Å². The number of aldehydes is 3. The number of benzene rings is 1. The molecule has 0 aromatic heterocycles. The molecular weight excluding hydrogens is 326 g/mol. The fraction of sp³-hybridized carbons (Fsp3) is 0.500. The lowest BCUT2D eigenvalue weighted by molar-refractivity contribution is -0.108. The third-order valence-electron chi connectivity index (χ3n) is 4.55. The highest BCUT2D eigenvalue weighted by Gasteiger charge is 2.14. The van der Waals surface area contributed by atoms with Crippen molar-refractivity contribution in [2.45, 2.75) is 64.5 Å². The van der Waals surface area contributed by atoms with E-state index in [-0.39, 0.29) is 6.04 Å². The van der Waals surface area contributed by atoms with E-state index in [2.05, 4.69) is 23.7 Å². The Morgan fingerprint density at radius 1 is 1.08 bits per heavy atom. The highest BCUT2D eigenvalue weighted by Crippen LogP contribution is 2.17. The molecule has 140 valence electrons. The van der Waals surface area contributed by atoms with E-state index in [4.69, 9.17) is 0 Å². The van der Waals surface area contributed by atoms with E-state index in [1.165, 1.54) is 0 Å². The van der Waals surface area contributed by atoms with Crippen LogP contribution in [-0.4, -0.2) is 36.8 Å². The fourth-order valence-corrected chi connectivity index (χ4v) is 2.72. The summed E-state index contributed by atoms with van der Waals surface area (Å²) in [6, 6.07) is 5.87. The zero-order valence-corrected chi connectivity index (χ0v) is 15.9. The molecule has 0 aliphatic heterocycles. The van der Waals surface area contributed by atoms with Gasteiger partial charge in [0, 0.05) is 43.0 Å². The SMILES string of the molecule is CC(CCC=O)N(C)Cc1c(C#CCCCCCC=O)cccc1C=O. The molecule has 1 unspecified atom stereocenters. The van der Waals surface area contributed by atoms with Crippen molar-refractivity contribution in [2.24, 2.45) is 0 Å². The Morgan fingerprint density at radius 2 is 1.85 bits per heavy atom. The van der Waals surface area contributed by atoms with Crippen molar-refractivity contribution < 1.29 is 14.4 Å². The van der Waals surface area contributed by atoms with Crippen LogP contribution >= 0.6 is 0 Å². The van der Waals surface area contributed by atoms with Gasteiger partial charge in [0.25, 0.3) is 0 Å². The van der Waals surface area contributed by atoms with Crippen LogP contribution < -0.4 is 0 Å². The van der Waals surface area contributed by atoms with E-state index in [0.29, 0.717) is 24.9 Å². The van der Waals surface area contributed by atoms with Gasteiger partial charge in [0.2, 0.25) is 0 Å². The molecule has 4 nitrogen and oxygen atoms in total. The molecule has 1 rings (SSSR count). The van der Waals surface area contributed by atoms with E-state index in [9.17, 15) is 14.4 Å². The Balaban J connectivity index is 2.79. The first-order chi connectivity index (χ1) is 12.6. The van der Waals surface area contributed by atoms with Gasteiger partial charge in [-0.1, -0.05) is 30.4 Å². The molecule has 0 amide bonds. The Morgan fingerprint density at radius 3 is 2.54 bits per heavy atom. The largest absolute Gasteiger partial charge is 0.303 e. The van der Waals surface area contributed by atoms with E-state index < -0.39 is 0 Å². The lowest BCUT2D eigenvalue weighted by Crippen LogP contribution is -2.29. The number of carbonyl (C=O) groups is 3. The van der Waals surface area contributed by atoms with E-state index >= 15 is 0 Å². The smallest absolute Gasteiger partial charge is 0.150 e. The second-order valence-electron chi connectivity index (χ2n) is 6.57. The van der Waals surface area contributed by atoms with Gasteiger partial charge < -0.3 is 9.59 Å². The molecule has 0 bridgehead atoms. The average molecular weight is 355 g/mol. The zero-order valence-electron chi connectivity index (χ0n) is 15.9. The lowest BCUT2D eigenvalue weighted by Gasteiger charge is -2.25. The predicted octanol–water partition coefficient (Wildman–Crippen LogP) is 3.80. The Labute approximate surface area is 157 Å². The first-order valence-corrected chi connectivity index (χ1v) is 9.27. The van der Waals surface area contributed by atoms with E-state index in [1.54, 1.807) is 0 Å². The van der Waals surface area contributed by atoms with Gasteiger partial charge in [-0.2, -0.15) is 0 Å². The normalized spacial score (nSPS) is 11.5. The van der Waals surface area contributed by atoms with Gasteiger partial charge in [0.1, 0.15) is 18.9 Å². The van der Waals surface area contributed by atoms with Crippen LogP contribution in [0.3, 0.4) is 0 Å². The molecule has 0 aliphatic carbocycles. The number of rotatable bonds is 12. The molecule has 0 N–H and O–H groups in total. The molecule has 1 atom stereocenters. The number of hydrogen-bond acceptors (Lipinski definition) is 4. The summed E-state index contributed by atoms with van der Waals surface area (Å²) >= 11 is 0. The molecule has 26 heavy (non-hydrogen) atoms. The van der Waals surface area contributed by atoms with Crippen LogP contribution in [0.1, 0.15) is 73.4 Å². The zero-order chi connectivity index (χ0) is 19.2. The summed E-state index contributed by atoms with van der Waals surface area (Å²) < 4.78 is 0. The second-order valence-corrected chi connectivity index (χ2v) is 6.57. The van der Waals surface area contributed by atoms with Crippen molar-refractivity contribution in [3.05, 3.63) is 34.9 Å². The fourth-order valence-electron chi connectivity index (χ4n) is 2.72. The first kappa shape index (κ1) is 21.8. The lowest BCUT2D eigenvalue weighted by atomic mass is 10.00. The standard InChI is InChI=1S/C22H29NO3/c1-19(11-10-16-25)23(2)17-22-20(13-9-14-21(22)18-26)12-7-5-3-4-6-8-15-24/h9,13-16,18-19H,3-6,8,10-11,17H2,1-2H3. The van der Waals surface area contributed by atoms with E-state index in [0.717, 1.165) is 62.1 Å². The van der Waals surface area contributed by atoms with Gasteiger partial charge >= 0.3 is 0 Å². The molecule has 0 fully saturated rings.